The van der Waals surface area contributed by atoms with Gasteiger partial charge in [-0.2, -0.15) is 5.10 Å². The lowest BCUT2D eigenvalue weighted by molar-refractivity contribution is 1.04. The first kappa shape index (κ1) is 13.5. The van der Waals surface area contributed by atoms with Crippen molar-refractivity contribution in [1.29, 1.82) is 0 Å². The first-order chi connectivity index (χ1) is 10.3. The van der Waals surface area contributed by atoms with Crippen molar-refractivity contribution in [3.63, 3.8) is 0 Å². The second kappa shape index (κ2) is 5.89. The minimum Gasteiger partial charge on any atom is -0.259 e. The number of aromatic nitrogens is 2. The molecule has 4 nitrogen and oxygen atoms in total. The number of nitrogens with zero attached hydrogens (tertiary/aromatic N) is 3. The Kier molecular flexibility index (Phi) is 3.79. The SMILES string of the molecule is C/C(=N/Nc1nnc(Cl)c2ccccc12)c1ccccc1. The van der Waals surface area contributed by atoms with E-state index in [-0.39, 0.29) is 0 Å². The summed E-state index contributed by atoms with van der Waals surface area (Å²) in [4.78, 5) is 0. The van der Waals surface area contributed by atoms with E-state index in [4.69, 9.17) is 11.6 Å². The zero-order valence-electron chi connectivity index (χ0n) is 11.4. The summed E-state index contributed by atoms with van der Waals surface area (Å²) in [7, 11) is 0. The normalized spacial score (nSPS) is 11.6. The molecule has 3 aromatic rings. The van der Waals surface area contributed by atoms with Gasteiger partial charge in [0.15, 0.2) is 11.0 Å². The lowest BCUT2D eigenvalue weighted by Crippen LogP contribution is -2.02. The highest BCUT2D eigenvalue weighted by atomic mass is 35.5. The molecule has 0 fully saturated rings. The zero-order chi connectivity index (χ0) is 14.7. The predicted molar refractivity (Wildman–Crippen MR) is 86.8 cm³/mol. The van der Waals surface area contributed by atoms with Gasteiger partial charge in [0.2, 0.25) is 0 Å². The van der Waals surface area contributed by atoms with Crippen molar-refractivity contribution in [2.75, 3.05) is 5.43 Å². The van der Waals surface area contributed by atoms with E-state index in [0.717, 1.165) is 22.0 Å². The highest BCUT2D eigenvalue weighted by molar-refractivity contribution is 6.34. The monoisotopic (exact) mass is 296 g/mol. The number of rotatable bonds is 3. The Labute approximate surface area is 127 Å². The van der Waals surface area contributed by atoms with Crippen LogP contribution in [0.5, 0.6) is 0 Å². The van der Waals surface area contributed by atoms with Crippen LogP contribution in [0, 0.1) is 0 Å². The van der Waals surface area contributed by atoms with Gasteiger partial charge >= 0.3 is 0 Å². The number of halogens is 1. The molecule has 2 aromatic carbocycles. The molecule has 1 N–H and O–H groups in total. The van der Waals surface area contributed by atoms with Gasteiger partial charge in [0.1, 0.15) is 0 Å². The summed E-state index contributed by atoms with van der Waals surface area (Å²) in [5.74, 6) is 0.588. The van der Waals surface area contributed by atoms with Crippen LogP contribution >= 0.6 is 11.6 Å². The molecule has 0 amide bonds. The van der Waals surface area contributed by atoms with Crippen LogP contribution in [-0.4, -0.2) is 15.9 Å². The molecular formula is C16H13ClN4. The van der Waals surface area contributed by atoms with Gasteiger partial charge in [0, 0.05) is 10.8 Å². The average molecular weight is 297 g/mol. The van der Waals surface area contributed by atoms with E-state index in [2.05, 4.69) is 20.7 Å². The number of nitrogens with one attached hydrogen (secondary N) is 1. The highest BCUT2D eigenvalue weighted by Gasteiger charge is 2.06. The summed E-state index contributed by atoms with van der Waals surface area (Å²) in [6, 6.07) is 17.6. The average Bonchev–Trinajstić information content (AvgIpc) is 2.55. The third-order valence-corrected chi connectivity index (χ3v) is 3.44. The molecule has 3 rings (SSSR count). The Bertz CT molecular complexity index is 800. The van der Waals surface area contributed by atoms with Gasteiger partial charge < -0.3 is 0 Å². The van der Waals surface area contributed by atoms with Gasteiger partial charge in [-0.1, -0.05) is 66.2 Å². The minimum atomic E-state index is 0.389. The lowest BCUT2D eigenvalue weighted by atomic mass is 10.1. The Hall–Kier alpha value is -2.46. The Morgan fingerprint density at radius 1 is 0.952 bits per heavy atom. The quantitative estimate of drug-likeness (QED) is 0.584. The number of hydrazone groups is 1. The number of fused-ring (bicyclic) bond motifs is 1. The van der Waals surface area contributed by atoms with Crippen molar-refractivity contribution < 1.29 is 0 Å². The number of anilines is 1. The van der Waals surface area contributed by atoms with Crippen LogP contribution in [0.3, 0.4) is 0 Å². The molecule has 0 aliphatic carbocycles. The molecule has 104 valence electrons. The van der Waals surface area contributed by atoms with Crippen molar-refractivity contribution in [2.45, 2.75) is 6.92 Å². The molecule has 0 radical (unpaired) electrons. The molecule has 1 aromatic heterocycles. The van der Waals surface area contributed by atoms with Gasteiger partial charge in [0.25, 0.3) is 0 Å². The number of hydrogen-bond acceptors (Lipinski definition) is 4. The van der Waals surface area contributed by atoms with Crippen LogP contribution in [0.15, 0.2) is 59.7 Å². The summed E-state index contributed by atoms with van der Waals surface area (Å²) in [6.07, 6.45) is 0. The Morgan fingerprint density at radius 2 is 1.62 bits per heavy atom. The van der Waals surface area contributed by atoms with E-state index in [1.54, 1.807) is 0 Å². The molecule has 0 saturated carbocycles. The van der Waals surface area contributed by atoms with Gasteiger partial charge in [-0.3, -0.25) is 5.43 Å². The van der Waals surface area contributed by atoms with Crippen molar-refractivity contribution >= 4 is 33.9 Å². The van der Waals surface area contributed by atoms with Gasteiger partial charge in [-0.05, 0) is 12.5 Å². The van der Waals surface area contributed by atoms with Crippen molar-refractivity contribution in [3.8, 4) is 0 Å². The Balaban J connectivity index is 1.94. The highest BCUT2D eigenvalue weighted by Crippen LogP contribution is 2.25. The maximum atomic E-state index is 6.05. The smallest absolute Gasteiger partial charge is 0.176 e. The van der Waals surface area contributed by atoms with Gasteiger partial charge in [-0.25, -0.2) is 0 Å². The fraction of sp³-hybridized carbons (Fsp3) is 0.0625. The topological polar surface area (TPSA) is 50.2 Å². The maximum absolute atomic E-state index is 6.05. The summed E-state index contributed by atoms with van der Waals surface area (Å²) in [5.41, 5.74) is 4.89. The molecule has 0 saturated heterocycles. The lowest BCUT2D eigenvalue weighted by Gasteiger charge is -2.06. The van der Waals surface area contributed by atoms with E-state index in [0.29, 0.717) is 11.0 Å². The van der Waals surface area contributed by atoms with Crippen molar-refractivity contribution in [3.05, 3.63) is 65.3 Å². The molecule has 0 spiro atoms. The van der Waals surface area contributed by atoms with E-state index in [1.807, 2.05) is 61.5 Å². The molecule has 0 atom stereocenters. The van der Waals surface area contributed by atoms with E-state index < -0.39 is 0 Å². The second-order valence-electron chi connectivity index (χ2n) is 4.56. The third kappa shape index (κ3) is 2.85. The molecular weight excluding hydrogens is 284 g/mol. The van der Waals surface area contributed by atoms with Crippen LogP contribution in [0.1, 0.15) is 12.5 Å². The Morgan fingerprint density at radius 3 is 2.38 bits per heavy atom. The minimum absolute atomic E-state index is 0.389. The largest absolute Gasteiger partial charge is 0.259 e. The summed E-state index contributed by atoms with van der Waals surface area (Å²) in [5, 5.41) is 14.5. The molecule has 0 bridgehead atoms. The van der Waals surface area contributed by atoms with E-state index in [9.17, 15) is 0 Å². The third-order valence-electron chi connectivity index (χ3n) is 3.16. The molecule has 0 aliphatic heterocycles. The van der Waals surface area contributed by atoms with Crippen molar-refractivity contribution in [1.82, 2.24) is 10.2 Å². The fourth-order valence-corrected chi connectivity index (χ4v) is 2.24. The standard InChI is InChI=1S/C16H13ClN4/c1-11(12-7-3-2-4-8-12)18-20-16-14-10-6-5-9-13(14)15(17)19-21-16/h2-10H,1H3,(H,20,21)/b18-11-. The summed E-state index contributed by atoms with van der Waals surface area (Å²) < 4.78 is 0. The number of benzene rings is 2. The van der Waals surface area contributed by atoms with E-state index in [1.165, 1.54) is 0 Å². The first-order valence-electron chi connectivity index (χ1n) is 6.52. The van der Waals surface area contributed by atoms with Crippen LogP contribution in [0.4, 0.5) is 5.82 Å². The molecule has 5 heteroatoms. The number of hydrogen-bond donors (Lipinski definition) is 1. The maximum Gasteiger partial charge on any atom is 0.176 e. The van der Waals surface area contributed by atoms with Crippen LogP contribution in [0.2, 0.25) is 5.15 Å². The van der Waals surface area contributed by atoms with Crippen LogP contribution in [0.25, 0.3) is 10.8 Å². The van der Waals surface area contributed by atoms with Gasteiger partial charge in [-0.15, -0.1) is 10.2 Å². The summed E-state index contributed by atoms with van der Waals surface area (Å²) in [6.45, 7) is 1.94. The first-order valence-corrected chi connectivity index (χ1v) is 6.90. The van der Waals surface area contributed by atoms with Crippen LogP contribution in [-0.2, 0) is 0 Å². The molecule has 1 heterocycles. The fourth-order valence-electron chi connectivity index (χ4n) is 2.03. The van der Waals surface area contributed by atoms with E-state index >= 15 is 0 Å². The van der Waals surface area contributed by atoms with Gasteiger partial charge in [0.05, 0.1) is 5.71 Å². The summed E-state index contributed by atoms with van der Waals surface area (Å²) >= 11 is 6.05. The second-order valence-corrected chi connectivity index (χ2v) is 4.92. The molecule has 0 unspecified atom stereocenters. The zero-order valence-corrected chi connectivity index (χ0v) is 12.2. The van der Waals surface area contributed by atoms with Crippen LogP contribution < -0.4 is 5.43 Å². The predicted octanol–water partition coefficient (Wildman–Crippen LogP) is 4.12. The molecule has 0 aliphatic rings. The van der Waals surface area contributed by atoms with Crippen molar-refractivity contribution in [2.24, 2.45) is 5.10 Å². The molecule has 21 heavy (non-hydrogen) atoms.